The Morgan fingerprint density at radius 2 is 2.44 bits per heavy atom. The first-order chi connectivity index (χ1) is 12.2. The molecule has 0 radical (unpaired) electrons. The number of aliphatic hydroxyl groups excluding tert-OH is 1. The Morgan fingerprint density at radius 1 is 1.52 bits per heavy atom. The molecule has 8 heteroatoms. The molecule has 0 aromatic carbocycles. The number of hydrogen-bond donors (Lipinski definition) is 3. The van der Waals surface area contributed by atoms with Gasteiger partial charge in [-0.2, -0.15) is 5.10 Å². The molecule has 0 saturated carbocycles. The largest absolute Gasteiger partial charge is 0.396 e. The highest BCUT2D eigenvalue weighted by molar-refractivity contribution is 7.13. The second-order valence-corrected chi connectivity index (χ2v) is 7.57. The van der Waals surface area contributed by atoms with Crippen LogP contribution in [-0.2, 0) is 4.74 Å². The van der Waals surface area contributed by atoms with E-state index in [9.17, 15) is 4.79 Å². The van der Waals surface area contributed by atoms with Crippen molar-refractivity contribution in [2.45, 2.75) is 31.0 Å². The van der Waals surface area contributed by atoms with Gasteiger partial charge in [-0.3, -0.25) is 14.8 Å². The summed E-state index contributed by atoms with van der Waals surface area (Å²) in [6, 6.07) is 4.39. The lowest BCUT2D eigenvalue weighted by molar-refractivity contribution is -0.0566. The van der Waals surface area contributed by atoms with Crippen molar-refractivity contribution in [3.8, 4) is 10.6 Å². The molecule has 4 heterocycles. The molecule has 3 atom stereocenters. The molecule has 0 bridgehead atoms. The van der Waals surface area contributed by atoms with E-state index < -0.39 is 0 Å². The van der Waals surface area contributed by atoms with Crippen LogP contribution < -0.4 is 5.32 Å². The standard InChI is InChI=1S/C17H22N4O3S/c22-4-3-13-9-21-8-11(6-12(21)10-24-13)19-17(23)14-7-18-20-16(14)15-2-1-5-25-15/h1-2,5,7,11-13,22H,3-4,6,8-10H2,(H,18,20)(H,19,23)/t11-,12+,13+/m1/s1. The number of amides is 1. The van der Waals surface area contributed by atoms with Crippen molar-refractivity contribution in [3.05, 3.63) is 29.3 Å². The number of morpholine rings is 1. The molecular formula is C17H22N4O3S. The van der Waals surface area contributed by atoms with Gasteiger partial charge in [0.05, 0.1) is 35.0 Å². The minimum Gasteiger partial charge on any atom is -0.396 e. The van der Waals surface area contributed by atoms with E-state index in [-0.39, 0.29) is 24.7 Å². The van der Waals surface area contributed by atoms with Crippen LogP contribution in [0.15, 0.2) is 23.7 Å². The third kappa shape index (κ3) is 3.48. The van der Waals surface area contributed by atoms with E-state index in [1.807, 2.05) is 17.5 Å². The summed E-state index contributed by atoms with van der Waals surface area (Å²) in [6.07, 6.45) is 3.24. The van der Waals surface area contributed by atoms with Gasteiger partial charge in [0.2, 0.25) is 0 Å². The van der Waals surface area contributed by atoms with Gasteiger partial charge < -0.3 is 15.2 Å². The summed E-state index contributed by atoms with van der Waals surface area (Å²) in [6.45, 7) is 2.47. The molecular weight excluding hydrogens is 340 g/mol. The zero-order valence-corrected chi connectivity index (χ0v) is 14.7. The Labute approximate surface area is 150 Å². The lowest BCUT2D eigenvalue weighted by Gasteiger charge is -2.34. The summed E-state index contributed by atoms with van der Waals surface area (Å²) < 4.78 is 5.80. The van der Waals surface area contributed by atoms with Gasteiger partial charge in [0.25, 0.3) is 5.91 Å². The molecule has 1 amide bonds. The molecule has 4 rings (SSSR count). The molecule has 0 unspecified atom stereocenters. The number of aliphatic hydroxyl groups is 1. The Kier molecular flexibility index (Phi) is 4.85. The minimum atomic E-state index is -0.0881. The van der Waals surface area contributed by atoms with Crippen molar-refractivity contribution in [3.63, 3.8) is 0 Å². The number of hydrogen-bond acceptors (Lipinski definition) is 6. The smallest absolute Gasteiger partial charge is 0.255 e. The third-order valence-corrected chi connectivity index (χ3v) is 5.82. The maximum absolute atomic E-state index is 12.7. The Bertz CT molecular complexity index is 717. The number of thiophene rings is 1. The predicted octanol–water partition coefficient (Wildman–Crippen LogP) is 1.09. The van der Waals surface area contributed by atoms with Gasteiger partial charge in [-0.05, 0) is 24.3 Å². The van der Waals surface area contributed by atoms with Crippen molar-refractivity contribution in [1.82, 2.24) is 20.4 Å². The van der Waals surface area contributed by atoms with E-state index in [4.69, 9.17) is 9.84 Å². The van der Waals surface area contributed by atoms with E-state index in [0.717, 1.165) is 30.1 Å². The molecule has 0 spiro atoms. The summed E-state index contributed by atoms with van der Waals surface area (Å²) in [5.41, 5.74) is 1.36. The van der Waals surface area contributed by atoms with Crippen molar-refractivity contribution >= 4 is 17.2 Å². The Balaban J connectivity index is 1.39. The fourth-order valence-corrected chi connectivity index (χ4v) is 4.43. The second kappa shape index (κ2) is 7.25. The van der Waals surface area contributed by atoms with Crippen LogP contribution in [0, 0.1) is 0 Å². The molecule has 25 heavy (non-hydrogen) atoms. The van der Waals surface area contributed by atoms with Crippen molar-refractivity contribution in [2.24, 2.45) is 0 Å². The van der Waals surface area contributed by atoms with Gasteiger partial charge in [-0.1, -0.05) is 6.07 Å². The zero-order valence-electron chi connectivity index (χ0n) is 13.9. The normalized spacial score (nSPS) is 26.5. The van der Waals surface area contributed by atoms with Gasteiger partial charge in [0.1, 0.15) is 0 Å². The summed E-state index contributed by atoms with van der Waals surface area (Å²) in [7, 11) is 0. The fourth-order valence-electron chi connectivity index (χ4n) is 3.70. The molecule has 2 aromatic heterocycles. The van der Waals surface area contributed by atoms with E-state index >= 15 is 0 Å². The van der Waals surface area contributed by atoms with Gasteiger partial charge in [-0.15, -0.1) is 11.3 Å². The number of aromatic amines is 1. The van der Waals surface area contributed by atoms with Gasteiger partial charge in [0.15, 0.2) is 0 Å². The number of fused-ring (bicyclic) bond motifs is 1. The predicted molar refractivity (Wildman–Crippen MR) is 94.6 cm³/mol. The highest BCUT2D eigenvalue weighted by Crippen LogP contribution is 2.27. The topological polar surface area (TPSA) is 90.5 Å². The number of carbonyl (C=O) groups is 1. The third-order valence-electron chi connectivity index (χ3n) is 4.93. The summed E-state index contributed by atoms with van der Waals surface area (Å²) in [5, 5.41) is 21.2. The average molecular weight is 362 g/mol. The summed E-state index contributed by atoms with van der Waals surface area (Å²) in [5.74, 6) is -0.0881. The van der Waals surface area contributed by atoms with Crippen LogP contribution in [0.25, 0.3) is 10.6 Å². The van der Waals surface area contributed by atoms with Crippen LogP contribution in [0.1, 0.15) is 23.2 Å². The number of H-pyrrole nitrogens is 1. The molecule has 2 aliphatic heterocycles. The first-order valence-corrected chi connectivity index (χ1v) is 9.47. The SMILES string of the molecule is O=C(N[C@@H]1C[C@H]2CO[C@@H](CCO)CN2C1)c1cn[nH]c1-c1cccs1. The molecule has 7 nitrogen and oxygen atoms in total. The van der Waals surface area contributed by atoms with Gasteiger partial charge >= 0.3 is 0 Å². The maximum atomic E-state index is 12.7. The van der Waals surface area contributed by atoms with Crippen LogP contribution in [-0.4, -0.2) is 70.6 Å². The number of aromatic nitrogens is 2. The van der Waals surface area contributed by atoms with Gasteiger partial charge in [-0.25, -0.2) is 0 Å². The molecule has 2 saturated heterocycles. The highest BCUT2D eigenvalue weighted by atomic mass is 32.1. The van der Waals surface area contributed by atoms with E-state index in [2.05, 4.69) is 20.4 Å². The number of nitrogens with one attached hydrogen (secondary N) is 2. The molecule has 3 N–H and O–H groups in total. The Hall–Kier alpha value is -1.74. The van der Waals surface area contributed by atoms with Gasteiger partial charge in [0, 0.05) is 31.8 Å². The van der Waals surface area contributed by atoms with Crippen LogP contribution in [0.5, 0.6) is 0 Å². The van der Waals surface area contributed by atoms with E-state index in [0.29, 0.717) is 24.6 Å². The lowest BCUT2D eigenvalue weighted by atomic mass is 10.1. The van der Waals surface area contributed by atoms with E-state index in [1.165, 1.54) is 0 Å². The molecule has 2 aliphatic rings. The monoisotopic (exact) mass is 362 g/mol. The highest BCUT2D eigenvalue weighted by Gasteiger charge is 2.38. The molecule has 0 aliphatic carbocycles. The zero-order chi connectivity index (χ0) is 17.2. The minimum absolute atomic E-state index is 0.0881. The second-order valence-electron chi connectivity index (χ2n) is 6.62. The van der Waals surface area contributed by atoms with Crippen LogP contribution in [0.4, 0.5) is 0 Å². The first-order valence-electron chi connectivity index (χ1n) is 8.59. The van der Waals surface area contributed by atoms with E-state index in [1.54, 1.807) is 17.5 Å². The van der Waals surface area contributed by atoms with Crippen LogP contribution >= 0.6 is 11.3 Å². The van der Waals surface area contributed by atoms with Crippen LogP contribution in [0.3, 0.4) is 0 Å². The summed E-state index contributed by atoms with van der Waals surface area (Å²) >= 11 is 1.58. The first kappa shape index (κ1) is 16.7. The van der Waals surface area contributed by atoms with Crippen molar-refractivity contribution in [1.29, 1.82) is 0 Å². The van der Waals surface area contributed by atoms with Crippen molar-refractivity contribution < 1.29 is 14.6 Å². The lowest BCUT2D eigenvalue weighted by Crippen LogP contribution is -2.46. The number of ether oxygens (including phenoxy) is 1. The quantitative estimate of drug-likeness (QED) is 0.741. The van der Waals surface area contributed by atoms with Crippen LogP contribution in [0.2, 0.25) is 0 Å². The average Bonchev–Trinajstić information content (AvgIpc) is 3.34. The molecule has 134 valence electrons. The summed E-state index contributed by atoms with van der Waals surface area (Å²) in [4.78, 5) is 16.1. The maximum Gasteiger partial charge on any atom is 0.255 e. The number of carbonyl (C=O) groups excluding carboxylic acids is 1. The fraction of sp³-hybridized carbons (Fsp3) is 0.529. The molecule has 2 aromatic rings. The van der Waals surface area contributed by atoms with Crippen molar-refractivity contribution in [2.75, 3.05) is 26.3 Å². The number of rotatable bonds is 5. The Morgan fingerprint density at radius 3 is 3.24 bits per heavy atom. The number of nitrogens with zero attached hydrogens (tertiary/aromatic N) is 2. The molecule has 2 fully saturated rings.